The largest absolute Gasteiger partial charge is 1.00 e. The van der Waals surface area contributed by atoms with E-state index in [1.165, 1.54) is 19.2 Å². The van der Waals surface area contributed by atoms with Crippen molar-refractivity contribution in [1.29, 1.82) is 0 Å². The maximum absolute atomic E-state index is 15.5. The zero-order valence-corrected chi connectivity index (χ0v) is 26.5. The SMILES string of the molecule is CCCS(=O)(=O)Nc1ccc(F)c(C(=O)c2cn(C(C)OP(=O)(O)O)c3ncc(-c4ccc(Cl)cc4)cc23)c1F.[H-].[Na+]. The molecule has 2 aromatic carbocycles. The summed E-state index contributed by atoms with van der Waals surface area (Å²) in [5.41, 5.74) is -0.736. The van der Waals surface area contributed by atoms with Crippen LogP contribution in [-0.4, -0.2) is 39.3 Å². The fourth-order valence-electron chi connectivity index (χ4n) is 4.10. The normalized spacial score (nSPS) is 12.7. The molecule has 0 aliphatic rings. The summed E-state index contributed by atoms with van der Waals surface area (Å²) in [6.45, 7) is 2.89. The Morgan fingerprint density at radius 2 is 1.85 bits per heavy atom. The number of ketones is 1. The first-order valence-corrected chi connectivity index (χ1v) is 15.3. The Balaban J connectivity index is 0.00000308. The molecule has 3 N–H and O–H groups in total. The zero-order valence-electron chi connectivity index (χ0n) is 23.0. The van der Waals surface area contributed by atoms with E-state index in [4.69, 9.17) is 16.1 Å². The van der Waals surface area contributed by atoms with Crippen LogP contribution in [0.25, 0.3) is 22.2 Å². The molecular formula is C25H24ClF2N3NaO7PS. The summed E-state index contributed by atoms with van der Waals surface area (Å²) >= 11 is 5.96. The molecule has 0 spiro atoms. The van der Waals surface area contributed by atoms with Crippen molar-refractivity contribution in [1.82, 2.24) is 9.55 Å². The number of carbonyl (C=O) groups excluding carboxylic acids is 1. The topological polar surface area (TPSA) is 148 Å². The number of pyridine rings is 1. The van der Waals surface area contributed by atoms with E-state index in [1.807, 2.05) is 4.72 Å². The molecule has 1 atom stereocenters. The van der Waals surface area contributed by atoms with Gasteiger partial charge in [-0.15, -0.1) is 0 Å². The van der Waals surface area contributed by atoms with Crippen LogP contribution >= 0.6 is 19.4 Å². The fraction of sp³-hybridized carbons (Fsp3) is 0.200. The Hall–Kier alpha value is -2.19. The van der Waals surface area contributed by atoms with E-state index in [2.05, 4.69) is 4.98 Å². The first kappa shape index (κ1) is 33.3. The van der Waals surface area contributed by atoms with E-state index in [9.17, 15) is 32.0 Å². The first-order valence-electron chi connectivity index (χ1n) is 11.7. The maximum Gasteiger partial charge on any atom is 1.00 e. The molecule has 0 radical (unpaired) electrons. The number of carbonyl (C=O) groups is 1. The smallest absolute Gasteiger partial charge is 1.00 e. The first-order chi connectivity index (χ1) is 18.7. The molecule has 214 valence electrons. The molecule has 0 saturated heterocycles. The number of nitrogens with zero attached hydrogens (tertiary/aromatic N) is 2. The minimum atomic E-state index is -4.98. The van der Waals surface area contributed by atoms with Crippen LogP contribution in [0.1, 0.15) is 43.8 Å². The summed E-state index contributed by atoms with van der Waals surface area (Å²) in [6, 6.07) is 9.78. The van der Waals surface area contributed by atoms with Gasteiger partial charge in [0.05, 0.1) is 22.6 Å². The quantitative estimate of drug-likeness (QED) is 0.137. The summed E-state index contributed by atoms with van der Waals surface area (Å²) in [4.78, 5) is 36.5. The van der Waals surface area contributed by atoms with Crippen LogP contribution < -0.4 is 34.3 Å². The molecule has 16 heteroatoms. The van der Waals surface area contributed by atoms with E-state index in [-0.39, 0.29) is 59.8 Å². The number of benzene rings is 2. The predicted molar refractivity (Wildman–Crippen MR) is 147 cm³/mol. The van der Waals surface area contributed by atoms with Crippen LogP contribution in [0.15, 0.2) is 54.9 Å². The zero-order chi connectivity index (χ0) is 29.4. The van der Waals surface area contributed by atoms with Crippen molar-refractivity contribution in [2.24, 2.45) is 0 Å². The van der Waals surface area contributed by atoms with Crippen LogP contribution in [0.4, 0.5) is 14.5 Å². The van der Waals surface area contributed by atoms with Crippen molar-refractivity contribution in [3.63, 3.8) is 0 Å². The second kappa shape index (κ2) is 13.0. The van der Waals surface area contributed by atoms with Gasteiger partial charge in [-0.3, -0.25) is 14.0 Å². The predicted octanol–water partition coefficient (Wildman–Crippen LogP) is 2.76. The van der Waals surface area contributed by atoms with Gasteiger partial charge in [-0.2, -0.15) is 0 Å². The molecule has 0 aliphatic carbocycles. The summed E-state index contributed by atoms with van der Waals surface area (Å²) in [7, 11) is -8.94. The Kier molecular flexibility index (Phi) is 10.6. The number of halogens is 3. The third-order valence-electron chi connectivity index (χ3n) is 5.83. The third kappa shape index (κ3) is 7.61. The number of nitrogens with one attached hydrogen (secondary N) is 1. The molecule has 0 aliphatic heterocycles. The van der Waals surface area contributed by atoms with Gasteiger partial charge < -0.3 is 15.8 Å². The van der Waals surface area contributed by atoms with Gasteiger partial charge in [0, 0.05) is 28.4 Å². The van der Waals surface area contributed by atoms with E-state index < -0.39 is 52.7 Å². The number of phosphoric acid groups is 1. The third-order valence-corrected chi connectivity index (χ3v) is 8.14. The van der Waals surface area contributed by atoms with Crippen molar-refractivity contribution in [3.05, 3.63) is 82.6 Å². The molecule has 2 heterocycles. The average molecular weight is 638 g/mol. The summed E-state index contributed by atoms with van der Waals surface area (Å²) in [5.74, 6) is -4.15. The van der Waals surface area contributed by atoms with E-state index >= 15 is 4.39 Å². The Bertz CT molecular complexity index is 1770. The molecule has 1 unspecified atom stereocenters. The molecule has 4 rings (SSSR count). The molecule has 41 heavy (non-hydrogen) atoms. The van der Waals surface area contributed by atoms with Crippen LogP contribution in [0.2, 0.25) is 5.02 Å². The van der Waals surface area contributed by atoms with Gasteiger partial charge in [0.2, 0.25) is 15.8 Å². The summed E-state index contributed by atoms with van der Waals surface area (Å²) in [6.07, 6.45) is 1.44. The average Bonchev–Trinajstić information content (AvgIpc) is 3.24. The minimum Gasteiger partial charge on any atom is -1.00 e. The standard InChI is InChI=1S/C25H23ClF2N3O7PS.Na.H/c1-3-10-40(36,37)30-21-9-8-20(27)22(23(21)28)24(32)19-13-31(14(2)38-39(33,34)35)25-18(19)11-16(12-29-25)15-4-6-17(26)7-5-15;;/h4-9,11-14,30H,3,10H2,1-2H3,(H2,33,34,35);;/q;+1;-1. The minimum absolute atomic E-state index is 0. The van der Waals surface area contributed by atoms with Crippen LogP contribution in [-0.2, 0) is 19.1 Å². The number of aromatic nitrogens is 2. The molecule has 0 amide bonds. The van der Waals surface area contributed by atoms with Crippen LogP contribution in [0.5, 0.6) is 0 Å². The van der Waals surface area contributed by atoms with E-state index in [0.29, 0.717) is 16.1 Å². The van der Waals surface area contributed by atoms with E-state index in [1.54, 1.807) is 31.2 Å². The van der Waals surface area contributed by atoms with Gasteiger partial charge in [-0.25, -0.2) is 26.7 Å². The molecule has 0 saturated carbocycles. The van der Waals surface area contributed by atoms with Crippen molar-refractivity contribution >= 4 is 52.0 Å². The number of anilines is 1. The van der Waals surface area contributed by atoms with Gasteiger partial charge in [-0.05, 0) is 49.2 Å². The van der Waals surface area contributed by atoms with Gasteiger partial charge in [0.25, 0.3) is 0 Å². The van der Waals surface area contributed by atoms with Gasteiger partial charge >= 0.3 is 37.4 Å². The summed E-state index contributed by atoms with van der Waals surface area (Å²) < 4.78 is 74.1. The molecule has 10 nitrogen and oxygen atoms in total. The number of sulfonamides is 1. The number of rotatable bonds is 10. The Morgan fingerprint density at radius 3 is 2.46 bits per heavy atom. The molecule has 0 bridgehead atoms. The van der Waals surface area contributed by atoms with Crippen molar-refractivity contribution in [2.45, 2.75) is 26.5 Å². The molecule has 2 aromatic heterocycles. The number of hydrogen-bond acceptors (Lipinski definition) is 6. The van der Waals surface area contributed by atoms with Crippen LogP contribution in [0, 0.1) is 11.6 Å². The van der Waals surface area contributed by atoms with E-state index in [0.717, 1.165) is 22.9 Å². The second-order valence-electron chi connectivity index (χ2n) is 8.78. The molecule has 0 fully saturated rings. The van der Waals surface area contributed by atoms with Gasteiger partial charge in [-0.1, -0.05) is 30.7 Å². The van der Waals surface area contributed by atoms with Gasteiger partial charge in [0.15, 0.2) is 5.82 Å². The number of phosphoric ester groups is 1. The van der Waals surface area contributed by atoms with Crippen LogP contribution in [0.3, 0.4) is 0 Å². The van der Waals surface area contributed by atoms with Crippen molar-refractivity contribution in [2.75, 3.05) is 10.5 Å². The molecule has 4 aromatic rings. The van der Waals surface area contributed by atoms with Gasteiger partial charge in [0.1, 0.15) is 17.7 Å². The number of hydrogen-bond donors (Lipinski definition) is 3. The number of fused-ring (bicyclic) bond motifs is 1. The Labute approximate surface area is 262 Å². The Morgan fingerprint density at radius 1 is 1.20 bits per heavy atom. The maximum atomic E-state index is 15.5. The summed E-state index contributed by atoms with van der Waals surface area (Å²) in [5, 5.41) is 0.568. The fourth-order valence-corrected chi connectivity index (χ4v) is 5.86. The van der Waals surface area contributed by atoms with Crippen molar-refractivity contribution in [3.8, 4) is 11.1 Å². The van der Waals surface area contributed by atoms with Crippen molar-refractivity contribution < 1.29 is 71.9 Å². The second-order valence-corrected chi connectivity index (χ2v) is 12.3. The molecular weight excluding hydrogens is 614 g/mol. The monoisotopic (exact) mass is 637 g/mol.